The van der Waals surface area contributed by atoms with Crippen molar-refractivity contribution in [3.8, 4) is 0 Å². The minimum atomic E-state index is -0.0233. The molecule has 2 heterocycles. The van der Waals surface area contributed by atoms with Crippen molar-refractivity contribution in [1.82, 2.24) is 20.0 Å². The van der Waals surface area contributed by atoms with Gasteiger partial charge in [0, 0.05) is 39.3 Å². The molecule has 0 saturated carbocycles. The number of likely N-dealkylation sites (tertiary alicyclic amines) is 1. The van der Waals surface area contributed by atoms with E-state index < -0.39 is 0 Å². The average Bonchev–Trinajstić information content (AvgIpc) is 2.99. The largest absolute Gasteiger partial charge is 0.342 e. The van der Waals surface area contributed by atoms with Crippen LogP contribution < -0.4 is 5.32 Å². The van der Waals surface area contributed by atoms with Crippen molar-refractivity contribution in [2.24, 2.45) is 0 Å². The lowest BCUT2D eigenvalue weighted by Crippen LogP contribution is -2.54. The maximum atomic E-state index is 12.5. The standard InChI is InChI=1S/C21H32N4O2/c1-18(19-9-5-4-6-10-19)22-21(27)25-15-13-23(14-16-25)17-20(26)24-11-7-2-3-8-12-24/h4-6,9-10,18H,2-3,7-8,11-17H2,1H3,(H,22,27). The third-order valence-corrected chi connectivity index (χ3v) is 5.62. The van der Waals surface area contributed by atoms with Crippen LogP contribution in [0.5, 0.6) is 0 Å². The van der Waals surface area contributed by atoms with Crippen molar-refractivity contribution in [2.45, 2.75) is 38.6 Å². The molecule has 3 amide bonds. The van der Waals surface area contributed by atoms with Crippen molar-refractivity contribution in [1.29, 1.82) is 0 Å². The lowest BCUT2D eigenvalue weighted by Gasteiger charge is -2.35. The number of carbonyl (C=O) groups is 2. The van der Waals surface area contributed by atoms with Gasteiger partial charge in [-0.1, -0.05) is 43.2 Å². The molecule has 2 aliphatic rings. The monoisotopic (exact) mass is 372 g/mol. The van der Waals surface area contributed by atoms with Crippen molar-refractivity contribution < 1.29 is 9.59 Å². The van der Waals surface area contributed by atoms with Gasteiger partial charge in [-0.2, -0.15) is 0 Å². The van der Waals surface area contributed by atoms with E-state index in [-0.39, 0.29) is 18.0 Å². The van der Waals surface area contributed by atoms with Crippen LogP contribution in [0.15, 0.2) is 30.3 Å². The molecular formula is C21H32N4O2. The Labute approximate surface area is 162 Å². The zero-order chi connectivity index (χ0) is 19.1. The van der Waals surface area contributed by atoms with E-state index in [0.717, 1.165) is 44.6 Å². The van der Waals surface area contributed by atoms with E-state index in [9.17, 15) is 9.59 Å². The van der Waals surface area contributed by atoms with Crippen LogP contribution in [0.4, 0.5) is 4.79 Å². The minimum Gasteiger partial charge on any atom is -0.342 e. The van der Waals surface area contributed by atoms with Gasteiger partial charge in [-0.3, -0.25) is 9.69 Å². The SMILES string of the molecule is CC(NC(=O)N1CCN(CC(=O)N2CCCCCC2)CC1)c1ccccc1. The zero-order valence-electron chi connectivity index (χ0n) is 16.4. The summed E-state index contributed by atoms with van der Waals surface area (Å²) in [7, 11) is 0. The molecule has 2 aliphatic heterocycles. The molecule has 1 unspecified atom stereocenters. The zero-order valence-corrected chi connectivity index (χ0v) is 16.4. The normalized spacial score (nSPS) is 20.0. The van der Waals surface area contributed by atoms with Crippen LogP contribution in [0.1, 0.15) is 44.2 Å². The Morgan fingerprint density at radius 1 is 0.889 bits per heavy atom. The topological polar surface area (TPSA) is 55.9 Å². The number of piperazine rings is 1. The van der Waals surface area contributed by atoms with Gasteiger partial charge in [0.1, 0.15) is 0 Å². The second-order valence-electron chi connectivity index (χ2n) is 7.64. The molecule has 0 radical (unpaired) electrons. The van der Waals surface area contributed by atoms with Gasteiger partial charge in [-0.05, 0) is 25.3 Å². The Morgan fingerprint density at radius 2 is 1.52 bits per heavy atom. The summed E-state index contributed by atoms with van der Waals surface area (Å²) in [6, 6.07) is 9.96. The lowest BCUT2D eigenvalue weighted by molar-refractivity contribution is -0.132. The molecule has 0 spiro atoms. The molecule has 0 aromatic heterocycles. The van der Waals surface area contributed by atoms with E-state index in [1.165, 1.54) is 12.8 Å². The third kappa shape index (κ3) is 5.70. The van der Waals surface area contributed by atoms with E-state index in [1.807, 2.05) is 47.1 Å². The molecule has 2 saturated heterocycles. The van der Waals surface area contributed by atoms with Gasteiger partial charge in [0.05, 0.1) is 12.6 Å². The number of rotatable bonds is 4. The van der Waals surface area contributed by atoms with Crippen LogP contribution in [0, 0.1) is 0 Å². The van der Waals surface area contributed by atoms with Gasteiger partial charge >= 0.3 is 6.03 Å². The Bertz CT molecular complexity index is 606. The molecular weight excluding hydrogens is 340 g/mol. The highest BCUT2D eigenvalue weighted by Gasteiger charge is 2.25. The van der Waals surface area contributed by atoms with E-state index in [2.05, 4.69) is 10.2 Å². The van der Waals surface area contributed by atoms with Crippen molar-refractivity contribution in [3.05, 3.63) is 35.9 Å². The molecule has 0 bridgehead atoms. The highest BCUT2D eigenvalue weighted by molar-refractivity contribution is 5.78. The molecule has 27 heavy (non-hydrogen) atoms. The molecule has 2 fully saturated rings. The molecule has 6 nitrogen and oxygen atoms in total. The molecule has 1 aromatic carbocycles. The number of amides is 3. The second kappa shape index (κ2) is 9.74. The number of hydrogen-bond donors (Lipinski definition) is 1. The first-order valence-corrected chi connectivity index (χ1v) is 10.2. The fourth-order valence-electron chi connectivity index (χ4n) is 3.82. The van der Waals surface area contributed by atoms with Crippen molar-refractivity contribution in [3.63, 3.8) is 0 Å². The maximum absolute atomic E-state index is 12.5. The van der Waals surface area contributed by atoms with Crippen molar-refractivity contribution in [2.75, 3.05) is 45.8 Å². The van der Waals surface area contributed by atoms with Gasteiger partial charge in [0.2, 0.25) is 5.91 Å². The number of urea groups is 1. The fourth-order valence-corrected chi connectivity index (χ4v) is 3.82. The summed E-state index contributed by atoms with van der Waals surface area (Å²) in [5.74, 6) is 0.243. The van der Waals surface area contributed by atoms with Gasteiger partial charge in [-0.25, -0.2) is 4.79 Å². The third-order valence-electron chi connectivity index (χ3n) is 5.62. The minimum absolute atomic E-state index is 0.0126. The molecule has 0 aliphatic carbocycles. The molecule has 3 rings (SSSR count). The fraction of sp³-hybridized carbons (Fsp3) is 0.619. The van der Waals surface area contributed by atoms with E-state index in [1.54, 1.807) is 0 Å². The van der Waals surface area contributed by atoms with E-state index >= 15 is 0 Å². The summed E-state index contributed by atoms with van der Waals surface area (Å²) in [4.78, 5) is 31.1. The van der Waals surface area contributed by atoms with Gasteiger partial charge < -0.3 is 15.1 Å². The second-order valence-corrected chi connectivity index (χ2v) is 7.64. The number of nitrogens with one attached hydrogen (secondary N) is 1. The van der Waals surface area contributed by atoms with Gasteiger partial charge in [0.25, 0.3) is 0 Å². The summed E-state index contributed by atoms with van der Waals surface area (Å²) < 4.78 is 0. The Kier molecular flexibility index (Phi) is 7.10. The summed E-state index contributed by atoms with van der Waals surface area (Å²) in [5.41, 5.74) is 1.10. The van der Waals surface area contributed by atoms with Crippen LogP contribution in [0.3, 0.4) is 0 Å². The van der Waals surface area contributed by atoms with Crippen LogP contribution in [-0.4, -0.2) is 72.5 Å². The first-order valence-electron chi connectivity index (χ1n) is 10.2. The molecule has 148 valence electrons. The lowest BCUT2D eigenvalue weighted by atomic mass is 10.1. The first-order chi connectivity index (χ1) is 13.1. The van der Waals surface area contributed by atoms with Crippen LogP contribution in [-0.2, 0) is 4.79 Å². The highest BCUT2D eigenvalue weighted by Crippen LogP contribution is 2.13. The molecule has 1 atom stereocenters. The van der Waals surface area contributed by atoms with E-state index in [4.69, 9.17) is 0 Å². The predicted molar refractivity (Wildman–Crippen MR) is 106 cm³/mol. The number of nitrogens with zero attached hydrogens (tertiary/aromatic N) is 3. The quantitative estimate of drug-likeness (QED) is 0.883. The summed E-state index contributed by atoms with van der Waals surface area (Å²) in [6.45, 7) is 7.14. The highest BCUT2D eigenvalue weighted by atomic mass is 16.2. The Balaban J connectivity index is 1.41. The van der Waals surface area contributed by atoms with Gasteiger partial charge in [-0.15, -0.1) is 0 Å². The molecule has 1 aromatic rings. The number of carbonyl (C=O) groups excluding carboxylic acids is 2. The van der Waals surface area contributed by atoms with Crippen LogP contribution >= 0.6 is 0 Å². The summed E-state index contributed by atoms with van der Waals surface area (Å²) >= 11 is 0. The smallest absolute Gasteiger partial charge is 0.317 e. The van der Waals surface area contributed by atoms with Crippen LogP contribution in [0.2, 0.25) is 0 Å². The van der Waals surface area contributed by atoms with Crippen molar-refractivity contribution >= 4 is 11.9 Å². The Morgan fingerprint density at radius 3 is 2.15 bits per heavy atom. The maximum Gasteiger partial charge on any atom is 0.317 e. The van der Waals surface area contributed by atoms with E-state index in [0.29, 0.717) is 19.6 Å². The molecule has 6 heteroatoms. The Hall–Kier alpha value is -2.08. The summed E-state index contributed by atoms with van der Waals surface area (Å²) in [5, 5.41) is 3.07. The average molecular weight is 373 g/mol. The molecule has 1 N–H and O–H groups in total. The number of hydrogen-bond acceptors (Lipinski definition) is 3. The van der Waals surface area contributed by atoms with Crippen LogP contribution in [0.25, 0.3) is 0 Å². The summed E-state index contributed by atoms with van der Waals surface area (Å²) in [6.07, 6.45) is 4.72. The first kappa shape index (κ1) is 19.7. The number of benzene rings is 1. The van der Waals surface area contributed by atoms with Gasteiger partial charge in [0.15, 0.2) is 0 Å². The predicted octanol–water partition coefficient (Wildman–Crippen LogP) is 2.48.